The van der Waals surface area contributed by atoms with E-state index in [1.165, 1.54) is 0 Å². The van der Waals surface area contributed by atoms with E-state index in [2.05, 4.69) is 16.2 Å². The number of benzene rings is 1. The zero-order valence-electron chi connectivity index (χ0n) is 12.1. The average molecular weight is 344 g/mol. The van der Waals surface area contributed by atoms with E-state index in [1.807, 2.05) is 0 Å². The maximum atomic E-state index is 12.0. The van der Waals surface area contributed by atoms with Crippen molar-refractivity contribution in [3.05, 3.63) is 28.2 Å². The summed E-state index contributed by atoms with van der Waals surface area (Å²) in [5.41, 5.74) is 6.45. The van der Waals surface area contributed by atoms with E-state index in [9.17, 15) is 4.79 Å². The Hall–Kier alpha value is -1.01. The first-order valence-corrected chi connectivity index (χ1v) is 8.23. The molecule has 7 heteroatoms. The summed E-state index contributed by atoms with van der Waals surface area (Å²) in [6, 6.07) is 5.59. The van der Waals surface area contributed by atoms with Crippen molar-refractivity contribution in [3.63, 3.8) is 0 Å². The summed E-state index contributed by atoms with van der Waals surface area (Å²) in [5.74, 6) is 1.02. The molecule has 0 aromatic heterocycles. The Morgan fingerprint density at radius 3 is 3.05 bits per heavy atom. The SMILES string of the molecule is O=C(COc1ccc(Cl)cc1Cl)NC1CCC2CNNC2C1. The standard InChI is InChI=1S/C15H19Cl2N3O2/c16-10-2-4-14(12(17)5-10)22-8-15(21)19-11-3-1-9-7-18-20-13(9)6-11/h2,4-5,9,11,13,18,20H,1,3,6-8H2,(H,19,21). The van der Waals surface area contributed by atoms with Crippen molar-refractivity contribution < 1.29 is 9.53 Å². The van der Waals surface area contributed by atoms with Crippen LogP contribution in [0.2, 0.25) is 10.0 Å². The first-order chi connectivity index (χ1) is 10.6. The minimum absolute atomic E-state index is 0.0440. The van der Waals surface area contributed by atoms with Gasteiger partial charge >= 0.3 is 0 Å². The molecule has 1 aliphatic carbocycles. The molecule has 1 amide bonds. The number of amides is 1. The van der Waals surface area contributed by atoms with Gasteiger partial charge in [-0.3, -0.25) is 15.6 Å². The quantitative estimate of drug-likeness (QED) is 0.783. The molecule has 1 heterocycles. The number of hydrogen-bond acceptors (Lipinski definition) is 4. The van der Waals surface area contributed by atoms with Gasteiger partial charge in [0.15, 0.2) is 6.61 Å². The van der Waals surface area contributed by atoms with Crippen molar-refractivity contribution in [2.24, 2.45) is 5.92 Å². The van der Waals surface area contributed by atoms with E-state index < -0.39 is 0 Å². The van der Waals surface area contributed by atoms with Crippen LogP contribution in [0.5, 0.6) is 5.75 Å². The fraction of sp³-hybridized carbons (Fsp3) is 0.533. The van der Waals surface area contributed by atoms with Crippen LogP contribution in [0.25, 0.3) is 0 Å². The van der Waals surface area contributed by atoms with Crippen molar-refractivity contribution >= 4 is 29.1 Å². The predicted molar refractivity (Wildman–Crippen MR) is 86.2 cm³/mol. The van der Waals surface area contributed by atoms with Crippen LogP contribution in [0, 0.1) is 5.92 Å². The summed E-state index contributed by atoms with van der Waals surface area (Å²) in [5, 5.41) is 3.97. The fourth-order valence-corrected chi connectivity index (χ4v) is 3.57. The molecule has 0 spiro atoms. The van der Waals surface area contributed by atoms with Gasteiger partial charge in [-0.05, 0) is 43.4 Å². The third-order valence-corrected chi connectivity index (χ3v) is 4.79. The molecule has 1 aromatic rings. The van der Waals surface area contributed by atoms with Crippen molar-refractivity contribution in [1.29, 1.82) is 0 Å². The highest BCUT2D eigenvalue weighted by molar-refractivity contribution is 6.35. The van der Waals surface area contributed by atoms with Gasteiger partial charge in [0.05, 0.1) is 5.02 Å². The van der Waals surface area contributed by atoms with Gasteiger partial charge in [-0.1, -0.05) is 23.2 Å². The van der Waals surface area contributed by atoms with E-state index >= 15 is 0 Å². The minimum Gasteiger partial charge on any atom is -0.482 e. The smallest absolute Gasteiger partial charge is 0.258 e. The van der Waals surface area contributed by atoms with Gasteiger partial charge in [0.25, 0.3) is 5.91 Å². The van der Waals surface area contributed by atoms with E-state index in [0.29, 0.717) is 27.8 Å². The average Bonchev–Trinajstić information content (AvgIpc) is 2.94. The molecule has 3 rings (SSSR count). The number of ether oxygens (including phenoxy) is 1. The molecule has 0 radical (unpaired) electrons. The predicted octanol–water partition coefficient (Wildman–Crippen LogP) is 2.13. The second kappa shape index (κ2) is 7.04. The first kappa shape index (κ1) is 15.9. The Morgan fingerprint density at radius 2 is 2.23 bits per heavy atom. The molecule has 1 aromatic carbocycles. The number of carbonyl (C=O) groups is 1. The molecule has 22 heavy (non-hydrogen) atoms. The summed E-state index contributed by atoms with van der Waals surface area (Å²) in [7, 11) is 0. The van der Waals surface area contributed by atoms with E-state index in [-0.39, 0.29) is 18.6 Å². The van der Waals surface area contributed by atoms with Gasteiger partial charge in [0.2, 0.25) is 0 Å². The molecule has 1 aliphatic heterocycles. The van der Waals surface area contributed by atoms with Gasteiger partial charge in [0.1, 0.15) is 5.75 Å². The molecule has 1 saturated heterocycles. The van der Waals surface area contributed by atoms with E-state index in [0.717, 1.165) is 25.8 Å². The topological polar surface area (TPSA) is 62.4 Å². The van der Waals surface area contributed by atoms with Gasteiger partial charge in [0, 0.05) is 23.7 Å². The van der Waals surface area contributed by atoms with Crippen molar-refractivity contribution in [1.82, 2.24) is 16.2 Å². The highest BCUT2D eigenvalue weighted by Crippen LogP contribution is 2.28. The first-order valence-electron chi connectivity index (χ1n) is 7.47. The Bertz CT molecular complexity index is 556. The fourth-order valence-electron chi connectivity index (χ4n) is 3.11. The number of fused-ring (bicyclic) bond motifs is 1. The molecule has 3 N–H and O–H groups in total. The van der Waals surface area contributed by atoms with Gasteiger partial charge in [-0.25, -0.2) is 0 Å². The van der Waals surface area contributed by atoms with Crippen LogP contribution in [0.4, 0.5) is 0 Å². The Labute approximate surface area is 139 Å². The molecule has 120 valence electrons. The lowest BCUT2D eigenvalue weighted by Crippen LogP contribution is -2.46. The Balaban J connectivity index is 1.46. The normalized spacial score (nSPS) is 27.3. The minimum atomic E-state index is -0.125. The lowest BCUT2D eigenvalue weighted by molar-refractivity contribution is -0.124. The maximum absolute atomic E-state index is 12.0. The van der Waals surface area contributed by atoms with Crippen LogP contribution in [-0.4, -0.2) is 31.1 Å². The molecular weight excluding hydrogens is 325 g/mol. The number of carbonyl (C=O) groups excluding carboxylic acids is 1. The van der Waals surface area contributed by atoms with Crippen LogP contribution in [0.3, 0.4) is 0 Å². The molecule has 0 bridgehead atoms. The zero-order valence-corrected chi connectivity index (χ0v) is 13.6. The lowest BCUT2D eigenvalue weighted by atomic mass is 9.83. The summed E-state index contributed by atoms with van der Waals surface area (Å²) in [6.07, 6.45) is 3.09. The van der Waals surface area contributed by atoms with Crippen LogP contribution < -0.4 is 20.9 Å². The highest BCUT2D eigenvalue weighted by atomic mass is 35.5. The second-order valence-corrected chi connectivity index (χ2v) is 6.68. The van der Waals surface area contributed by atoms with Crippen LogP contribution in [0.1, 0.15) is 19.3 Å². The number of halogens is 2. The molecule has 2 aliphatic rings. The van der Waals surface area contributed by atoms with E-state index in [4.69, 9.17) is 27.9 Å². The lowest BCUT2D eigenvalue weighted by Gasteiger charge is -2.31. The summed E-state index contributed by atoms with van der Waals surface area (Å²) in [6.45, 7) is 0.973. The van der Waals surface area contributed by atoms with Crippen LogP contribution >= 0.6 is 23.2 Å². The number of hydrogen-bond donors (Lipinski definition) is 3. The monoisotopic (exact) mass is 343 g/mol. The highest BCUT2D eigenvalue weighted by Gasteiger charge is 2.34. The van der Waals surface area contributed by atoms with Gasteiger partial charge in [-0.15, -0.1) is 0 Å². The number of nitrogens with one attached hydrogen (secondary N) is 3. The maximum Gasteiger partial charge on any atom is 0.258 e. The molecule has 2 fully saturated rings. The molecule has 3 atom stereocenters. The summed E-state index contributed by atoms with van der Waals surface area (Å²) in [4.78, 5) is 12.0. The Kier molecular flexibility index (Phi) is 5.08. The van der Waals surface area contributed by atoms with Gasteiger partial charge in [-0.2, -0.15) is 0 Å². The van der Waals surface area contributed by atoms with Crippen molar-refractivity contribution in [2.45, 2.75) is 31.3 Å². The number of hydrazine groups is 1. The zero-order chi connectivity index (χ0) is 15.5. The van der Waals surface area contributed by atoms with Crippen molar-refractivity contribution in [3.8, 4) is 5.75 Å². The molecule has 1 saturated carbocycles. The summed E-state index contributed by atoms with van der Waals surface area (Å²) >= 11 is 11.8. The second-order valence-electron chi connectivity index (χ2n) is 5.83. The van der Waals surface area contributed by atoms with E-state index in [1.54, 1.807) is 18.2 Å². The van der Waals surface area contributed by atoms with Gasteiger partial charge < -0.3 is 10.1 Å². The van der Waals surface area contributed by atoms with Crippen molar-refractivity contribution in [2.75, 3.05) is 13.2 Å². The van der Waals surface area contributed by atoms with Crippen LogP contribution in [-0.2, 0) is 4.79 Å². The summed E-state index contributed by atoms with van der Waals surface area (Å²) < 4.78 is 5.45. The molecular formula is C15H19Cl2N3O2. The third-order valence-electron chi connectivity index (χ3n) is 4.26. The third kappa shape index (κ3) is 3.84. The largest absolute Gasteiger partial charge is 0.482 e. The molecule has 3 unspecified atom stereocenters. The Morgan fingerprint density at radius 1 is 1.36 bits per heavy atom. The number of rotatable bonds is 4. The van der Waals surface area contributed by atoms with Crippen LogP contribution in [0.15, 0.2) is 18.2 Å². The molecule has 5 nitrogen and oxygen atoms in total.